The lowest BCUT2D eigenvalue weighted by Crippen LogP contribution is -2.12. The molecule has 15 heavy (non-hydrogen) atoms. The van der Waals surface area contributed by atoms with E-state index in [0.29, 0.717) is 11.1 Å². The summed E-state index contributed by atoms with van der Waals surface area (Å²) in [7, 11) is 1.69. The Morgan fingerprint density at radius 3 is 2.87 bits per heavy atom. The van der Waals surface area contributed by atoms with E-state index >= 15 is 0 Å². The molecule has 1 heterocycles. The molecule has 0 aliphatic heterocycles. The molecule has 0 spiro atoms. The van der Waals surface area contributed by atoms with Crippen molar-refractivity contribution in [2.24, 2.45) is 0 Å². The Hall–Kier alpha value is -0.670. The lowest BCUT2D eigenvalue weighted by molar-refractivity contribution is 0.117. The molecule has 0 radical (unpaired) electrons. The number of nitrogens with zero attached hydrogens (tertiary/aromatic N) is 2. The normalized spacial score (nSPS) is 17.8. The highest BCUT2D eigenvalue weighted by molar-refractivity contribution is 6.29. The highest BCUT2D eigenvalue weighted by Gasteiger charge is 2.26. The average molecular weight is 227 g/mol. The fourth-order valence-corrected chi connectivity index (χ4v) is 1.71. The number of methoxy groups -OCH3 is 1. The van der Waals surface area contributed by atoms with Crippen LogP contribution < -0.4 is 0 Å². The van der Waals surface area contributed by atoms with Crippen molar-refractivity contribution < 1.29 is 4.74 Å². The second-order valence-corrected chi connectivity index (χ2v) is 4.44. The first kappa shape index (κ1) is 10.8. The largest absolute Gasteiger partial charge is 0.381 e. The van der Waals surface area contributed by atoms with Crippen molar-refractivity contribution in [2.45, 2.75) is 38.2 Å². The Bertz CT molecular complexity index is 352. The minimum Gasteiger partial charge on any atom is -0.381 e. The van der Waals surface area contributed by atoms with Gasteiger partial charge in [0.2, 0.25) is 0 Å². The third-order valence-corrected chi connectivity index (χ3v) is 2.82. The maximum atomic E-state index is 5.96. The molecule has 1 saturated carbocycles. The number of ether oxygens (including phenoxy) is 1. The van der Waals surface area contributed by atoms with E-state index in [0.717, 1.165) is 17.9 Å². The second-order valence-electron chi connectivity index (χ2n) is 4.06. The summed E-state index contributed by atoms with van der Waals surface area (Å²) < 4.78 is 5.19. The van der Waals surface area contributed by atoms with Crippen molar-refractivity contribution in [3.05, 3.63) is 22.7 Å². The van der Waals surface area contributed by atoms with Gasteiger partial charge in [0.25, 0.3) is 0 Å². The van der Waals surface area contributed by atoms with Crippen LogP contribution in [0.25, 0.3) is 0 Å². The highest BCUT2D eigenvalue weighted by atomic mass is 35.5. The van der Waals surface area contributed by atoms with Crippen LogP contribution in [0, 0.1) is 0 Å². The van der Waals surface area contributed by atoms with Crippen LogP contribution >= 0.6 is 11.6 Å². The number of rotatable bonds is 4. The van der Waals surface area contributed by atoms with E-state index in [1.165, 1.54) is 12.8 Å². The molecule has 0 aromatic carbocycles. The summed E-state index contributed by atoms with van der Waals surface area (Å²) >= 11 is 5.96. The molecule has 1 aliphatic rings. The van der Waals surface area contributed by atoms with Crippen LogP contribution in [0.2, 0.25) is 5.15 Å². The maximum Gasteiger partial charge on any atom is 0.133 e. The molecule has 1 aromatic rings. The van der Waals surface area contributed by atoms with Crippen LogP contribution in [0.1, 0.15) is 37.2 Å². The van der Waals surface area contributed by atoms with Gasteiger partial charge in [-0.25, -0.2) is 9.97 Å². The third-order valence-electron chi connectivity index (χ3n) is 2.63. The standard InChI is InChI=1S/C11H15ClN2O/c1-7(15-2)5-11-13-9(8-3-4-8)6-10(12)14-11/h6-8H,3-5H2,1-2H3. The van der Waals surface area contributed by atoms with Crippen molar-refractivity contribution in [2.75, 3.05) is 7.11 Å². The van der Waals surface area contributed by atoms with Gasteiger partial charge in [0.05, 0.1) is 6.10 Å². The van der Waals surface area contributed by atoms with E-state index in [-0.39, 0.29) is 6.10 Å². The Morgan fingerprint density at radius 1 is 1.53 bits per heavy atom. The zero-order chi connectivity index (χ0) is 10.8. The first-order chi connectivity index (χ1) is 7.19. The van der Waals surface area contributed by atoms with Crippen LogP contribution in [0.3, 0.4) is 0 Å². The second kappa shape index (κ2) is 4.45. The molecule has 1 fully saturated rings. The van der Waals surface area contributed by atoms with E-state index in [1.807, 2.05) is 13.0 Å². The monoisotopic (exact) mass is 226 g/mol. The van der Waals surface area contributed by atoms with Gasteiger partial charge < -0.3 is 4.74 Å². The fraction of sp³-hybridized carbons (Fsp3) is 0.636. The topological polar surface area (TPSA) is 35.0 Å². The van der Waals surface area contributed by atoms with Crippen molar-refractivity contribution in [1.82, 2.24) is 9.97 Å². The van der Waals surface area contributed by atoms with E-state index in [1.54, 1.807) is 7.11 Å². The lowest BCUT2D eigenvalue weighted by Gasteiger charge is -2.09. The molecule has 0 N–H and O–H groups in total. The number of halogens is 1. The Morgan fingerprint density at radius 2 is 2.27 bits per heavy atom. The third kappa shape index (κ3) is 2.89. The van der Waals surface area contributed by atoms with E-state index in [4.69, 9.17) is 16.3 Å². The van der Waals surface area contributed by atoms with Gasteiger partial charge in [-0.1, -0.05) is 11.6 Å². The quantitative estimate of drug-likeness (QED) is 0.741. The van der Waals surface area contributed by atoms with Gasteiger partial charge in [-0.2, -0.15) is 0 Å². The molecule has 4 heteroatoms. The van der Waals surface area contributed by atoms with Crippen molar-refractivity contribution >= 4 is 11.6 Å². The van der Waals surface area contributed by atoms with Gasteiger partial charge in [-0.05, 0) is 25.8 Å². The van der Waals surface area contributed by atoms with Crippen LogP contribution in [0.5, 0.6) is 0 Å². The van der Waals surface area contributed by atoms with Crippen LogP contribution in [-0.4, -0.2) is 23.2 Å². The van der Waals surface area contributed by atoms with E-state index in [9.17, 15) is 0 Å². The number of hydrogen-bond donors (Lipinski definition) is 0. The zero-order valence-electron chi connectivity index (χ0n) is 9.03. The summed E-state index contributed by atoms with van der Waals surface area (Å²) in [5.74, 6) is 1.40. The predicted octanol–water partition coefficient (Wildman–Crippen LogP) is 2.58. The average Bonchev–Trinajstić information content (AvgIpc) is 2.99. The van der Waals surface area contributed by atoms with Gasteiger partial charge in [-0.3, -0.25) is 0 Å². The first-order valence-corrected chi connectivity index (χ1v) is 5.63. The zero-order valence-corrected chi connectivity index (χ0v) is 9.79. The smallest absolute Gasteiger partial charge is 0.133 e. The molecule has 1 aliphatic carbocycles. The molecule has 1 aromatic heterocycles. The Labute approximate surface area is 94.8 Å². The molecule has 1 unspecified atom stereocenters. The molecule has 3 nitrogen and oxygen atoms in total. The Balaban J connectivity index is 2.15. The molecule has 82 valence electrons. The van der Waals surface area contributed by atoms with Crippen LogP contribution in [0.4, 0.5) is 0 Å². The summed E-state index contributed by atoms with van der Waals surface area (Å²) in [5, 5.41) is 0.546. The number of hydrogen-bond acceptors (Lipinski definition) is 3. The minimum absolute atomic E-state index is 0.135. The first-order valence-electron chi connectivity index (χ1n) is 5.25. The van der Waals surface area contributed by atoms with Gasteiger partial charge in [0.15, 0.2) is 0 Å². The van der Waals surface area contributed by atoms with Gasteiger partial charge >= 0.3 is 0 Å². The molecule has 1 atom stereocenters. The van der Waals surface area contributed by atoms with Crippen molar-refractivity contribution in [1.29, 1.82) is 0 Å². The molecule has 0 bridgehead atoms. The summed E-state index contributed by atoms with van der Waals surface area (Å²) in [6, 6.07) is 1.88. The molecular weight excluding hydrogens is 212 g/mol. The maximum absolute atomic E-state index is 5.96. The SMILES string of the molecule is COC(C)Cc1nc(Cl)cc(C2CC2)n1. The molecule has 0 saturated heterocycles. The van der Waals surface area contributed by atoms with Crippen molar-refractivity contribution in [3.8, 4) is 0 Å². The van der Waals surface area contributed by atoms with E-state index in [2.05, 4.69) is 9.97 Å². The highest BCUT2D eigenvalue weighted by Crippen LogP contribution is 2.39. The molecule has 0 amide bonds. The lowest BCUT2D eigenvalue weighted by atomic mass is 10.2. The van der Waals surface area contributed by atoms with Gasteiger partial charge in [-0.15, -0.1) is 0 Å². The van der Waals surface area contributed by atoms with Crippen molar-refractivity contribution in [3.63, 3.8) is 0 Å². The summed E-state index contributed by atoms with van der Waals surface area (Å²) in [4.78, 5) is 8.71. The van der Waals surface area contributed by atoms with Crippen LogP contribution in [-0.2, 0) is 11.2 Å². The number of aromatic nitrogens is 2. The fourth-order valence-electron chi connectivity index (χ4n) is 1.50. The summed E-state index contributed by atoms with van der Waals surface area (Å²) in [6.45, 7) is 2.00. The van der Waals surface area contributed by atoms with E-state index < -0.39 is 0 Å². The van der Waals surface area contributed by atoms with Gasteiger partial charge in [0, 0.05) is 25.1 Å². The Kier molecular flexibility index (Phi) is 3.22. The summed E-state index contributed by atoms with van der Waals surface area (Å²) in [6.07, 6.45) is 3.31. The molecular formula is C11H15ClN2O. The predicted molar refractivity (Wildman–Crippen MR) is 59.2 cm³/mol. The van der Waals surface area contributed by atoms with Crippen LogP contribution in [0.15, 0.2) is 6.07 Å². The molecule has 2 rings (SSSR count). The van der Waals surface area contributed by atoms with Gasteiger partial charge in [0.1, 0.15) is 11.0 Å². The minimum atomic E-state index is 0.135. The summed E-state index contributed by atoms with van der Waals surface area (Å²) in [5.41, 5.74) is 1.09.